The molecule has 0 aromatic carbocycles. The number of aromatic nitrogens is 2. The summed E-state index contributed by atoms with van der Waals surface area (Å²) in [6, 6.07) is 0. The highest BCUT2D eigenvalue weighted by atomic mass is 19.4. The van der Waals surface area contributed by atoms with E-state index < -0.39 is 66.0 Å². The van der Waals surface area contributed by atoms with Gasteiger partial charge in [0.25, 0.3) is 5.82 Å². The molecule has 5 nitrogen and oxygen atoms in total. The second-order valence-corrected chi connectivity index (χ2v) is 5.59. The molecule has 0 saturated heterocycles. The lowest BCUT2D eigenvalue weighted by Crippen LogP contribution is -2.72. The Labute approximate surface area is 164 Å². The van der Waals surface area contributed by atoms with Crippen molar-refractivity contribution in [2.24, 2.45) is 0 Å². The topological polar surface area (TPSA) is 65.2 Å². The smallest absolute Gasteiger partial charge is 0.460 e. The highest BCUT2D eigenvalue weighted by Gasteiger charge is 2.94. The van der Waals surface area contributed by atoms with Crippen molar-refractivity contribution in [3.8, 4) is 0 Å². The molecule has 1 heterocycles. The molecule has 0 N–H and O–H groups in total. The van der Waals surface area contributed by atoms with Crippen LogP contribution < -0.4 is 0 Å². The van der Waals surface area contributed by atoms with Crippen LogP contribution >= 0.6 is 0 Å². The maximum absolute atomic E-state index is 13.8. The van der Waals surface area contributed by atoms with E-state index in [-0.39, 0.29) is 0 Å². The average Bonchev–Trinajstić information content (AvgIpc) is 3.11. The molecule has 0 unspecified atom stereocenters. The van der Waals surface area contributed by atoms with Crippen molar-refractivity contribution in [3.05, 3.63) is 11.7 Å². The molecule has 20 heteroatoms. The maximum atomic E-state index is 13.8. The number of nitrogens with zero attached hydrogens (tertiary/aromatic N) is 2. The first-order valence-corrected chi connectivity index (χ1v) is 7.30. The number of halogens is 15. The first kappa shape index (κ1) is 27.6. The number of hydrogen-bond donors (Lipinski definition) is 0. The van der Waals surface area contributed by atoms with Crippen LogP contribution in [0.25, 0.3) is 0 Å². The Hall–Kier alpha value is -2.44. The SMILES string of the molecule is CCOC(=O)c1noc(C(F)(F)C(F)(F)C(F)(F)C(F)(F)C(F)(F)C(F)(F)C(F)(F)F)n1. The standard InChI is InChI=1S/C12H5F15N2O3/c1-2-31-4(30)3-28-5(32-29-3)6(13,14)7(15,16)8(17,18)9(19,20)10(21,22)11(23,24)12(25,26)27/h2H2,1H3. The van der Waals surface area contributed by atoms with Gasteiger partial charge in [0.2, 0.25) is 0 Å². The van der Waals surface area contributed by atoms with Crippen LogP contribution in [0.4, 0.5) is 65.9 Å². The Morgan fingerprint density at radius 2 is 1.16 bits per heavy atom. The molecule has 32 heavy (non-hydrogen) atoms. The van der Waals surface area contributed by atoms with Gasteiger partial charge >= 0.3 is 53.6 Å². The van der Waals surface area contributed by atoms with Gasteiger partial charge in [0.15, 0.2) is 0 Å². The van der Waals surface area contributed by atoms with E-state index in [2.05, 4.69) is 19.4 Å². The Balaban J connectivity index is 3.58. The fourth-order valence-corrected chi connectivity index (χ4v) is 1.73. The summed E-state index contributed by atoms with van der Waals surface area (Å²) in [6.45, 7) is 0.573. The van der Waals surface area contributed by atoms with Gasteiger partial charge in [-0.2, -0.15) is 70.8 Å². The van der Waals surface area contributed by atoms with Crippen LogP contribution in [-0.2, 0) is 10.7 Å². The molecule has 0 bridgehead atoms. The molecule has 0 amide bonds. The van der Waals surface area contributed by atoms with E-state index in [4.69, 9.17) is 0 Å². The van der Waals surface area contributed by atoms with Crippen molar-refractivity contribution in [2.45, 2.75) is 48.6 Å². The third-order valence-corrected chi connectivity index (χ3v) is 3.48. The number of esters is 1. The van der Waals surface area contributed by atoms with Crippen LogP contribution in [0, 0.1) is 0 Å². The summed E-state index contributed by atoms with van der Waals surface area (Å²) in [5, 5.41) is 2.26. The summed E-state index contributed by atoms with van der Waals surface area (Å²) in [6.07, 6.45) is -7.70. The zero-order chi connectivity index (χ0) is 25.8. The molecule has 0 saturated carbocycles. The van der Waals surface area contributed by atoms with Gasteiger partial charge in [-0.1, -0.05) is 0 Å². The van der Waals surface area contributed by atoms with Gasteiger partial charge in [0.05, 0.1) is 6.61 Å². The van der Waals surface area contributed by atoms with Crippen LogP contribution in [0.2, 0.25) is 0 Å². The summed E-state index contributed by atoms with van der Waals surface area (Å²) in [5.74, 6) is -54.6. The fraction of sp³-hybridized carbons (Fsp3) is 0.750. The third-order valence-electron chi connectivity index (χ3n) is 3.48. The van der Waals surface area contributed by atoms with E-state index in [1.807, 2.05) is 0 Å². The third kappa shape index (κ3) is 3.59. The Bertz CT molecular complexity index is 845. The van der Waals surface area contributed by atoms with Crippen molar-refractivity contribution < 1.29 is 79.9 Å². The molecular weight excluding hydrogens is 505 g/mol. The molecular formula is C12H5F15N2O3. The second kappa shape index (κ2) is 7.56. The summed E-state index contributed by atoms with van der Waals surface area (Å²) in [5.41, 5.74) is 0. The lowest BCUT2D eigenvalue weighted by molar-refractivity contribution is -0.454. The first-order valence-electron chi connectivity index (χ1n) is 7.30. The fourth-order valence-electron chi connectivity index (χ4n) is 1.73. The molecule has 0 aliphatic carbocycles. The summed E-state index contributed by atoms with van der Waals surface area (Å²) < 4.78 is 203. The van der Waals surface area contributed by atoms with E-state index in [0.29, 0.717) is 0 Å². The normalized spacial score (nSPS) is 15.1. The molecule has 0 aliphatic heterocycles. The lowest BCUT2D eigenvalue weighted by Gasteiger charge is -2.40. The largest absolute Gasteiger partial charge is 0.460 e. The molecule has 1 rings (SSSR count). The Morgan fingerprint density at radius 1 is 0.750 bits per heavy atom. The minimum absolute atomic E-state index is 0.526. The maximum Gasteiger partial charge on any atom is 0.460 e. The molecule has 186 valence electrons. The minimum atomic E-state index is -8.45. The summed E-state index contributed by atoms with van der Waals surface area (Å²) >= 11 is 0. The highest BCUT2D eigenvalue weighted by molar-refractivity contribution is 5.84. The molecule has 0 aliphatic rings. The molecule has 1 aromatic rings. The van der Waals surface area contributed by atoms with E-state index >= 15 is 0 Å². The zero-order valence-electron chi connectivity index (χ0n) is 14.5. The number of carbonyl (C=O) groups is 1. The number of carbonyl (C=O) groups excluding carboxylic acids is 1. The number of alkyl halides is 15. The molecule has 0 radical (unpaired) electrons. The minimum Gasteiger partial charge on any atom is -0.460 e. The Morgan fingerprint density at radius 3 is 1.56 bits per heavy atom. The number of hydrogen-bond acceptors (Lipinski definition) is 5. The quantitative estimate of drug-likeness (QED) is 0.361. The van der Waals surface area contributed by atoms with Gasteiger partial charge in [-0.15, -0.1) is 0 Å². The average molecular weight is 510 g/mol. The molecule has 0 atom stereocenters. The van der Waals surface area contributed by atoms with E-state index in [1.165, 1.54) is 0 Å². The molecule has 1 aromatic heterocycles. The molecule has 0 spiro atoms. The Kier molecular flexibility index (Phi) is 6.52. The summed E-state index contributed by atoms with van der Waals surface area (Å²) in [4.78, 5) is 13.3. The number of ether oxygens (including phenoxy) is 1. The van der Waals surface area contributed by atoms with Crippen molar-refractivity contribution in [2.75, 3.05) is 6.61 Å². The van der Waals surface area contributed by atoms with Crippen LogP contribution in [0.1, 0.15) is 23.4 Å². The van der Waals surface area contributed by atoms with Crippen molar-refractivity contribution in [1.82, 2.24) is 10.1 Å². The van der Waals surface area contributed by atoms with Gasteiger partial charge in [0.1, 0.15) is 0 Å². The van der Waals surface area contributed by atoms with Gasteiger partial charge < -0.3 is 9.26 Å². The van der Waals surface area contributed by atoms with Crippen LogP contribution in [-0.4, -0.2) is 58.5 Å². The van der Waals surface area contributed by atoms with E-state index in [0.717, 1.165) is 6.92 Å². The van der Waals surface area contributed by atoms with E-state index in [1.54, 1.807) is 0 Å². The predicted octanol–water partition coefficient (Wildman–Crippen LogP) is 5.08. The molecule has 0 fully saturated rings. The monoisotopic (exact) mass is 510 g/mol. The van der Waals surface area contributed by atoms with E-state index in [9.17, 15) is 70.7 Å². The van der Waals surface area contributed by atoms with Gasteiger partial charge in [-0.3, -0.25) is 0 Å². The van der Waals surface area contributed by atoms with Crippen LogP contribution in [0.5, 0.6) is 0 Å². The number of rotatable bonds is 8. The second-order valence-electron chi connectivity index (χ2n) is 5.59. The van der Waals surface area contributed by atoms with Crippen LogP contribution in [0.3, 0.4) is 0 Å². The summed E-state index contributed by atoms with van der Waals surface area (Å²) in [7, 11) is 0. The highest BCUT2D eigenvalue weighted by Crippen LogP contribution is 2.63. The van der Waals surface area contributed by atoms with Gasteiger partial charge in [-0.05, 0) is 12.1 Å². The predicted molar refractivity (Wildman–Crippen MR) is 64.9 cm³/mol. The van der Waals surface area contributed by atoms with Crippen molar-refractivity contribution >= 4 is 5.97 Å². The van der Waals surface area contributed by atoms with Crippen molar-refractivity contribution in [1.29, 1.82) is 0 Å². The van der Waals surface area contributed by atoms with Crippen molar-refractivity contribution in [3.63, 3.8) is 0 Å². The van der Waals surface area contributed by atoms with Gasteiger partial charge in [-0.25, -0.2) is 4.79 Å². The first-order chi connectivity index (χ1) is 13.9. The van der Waals surface area contributed by atoms with Crippen LogP contribution in [0.15, 0.2) is 4.52 Å². The van der Waals surface area contributed by atoms with Gasteiger partial charge in [0, 0.05) is 0 Å². The zero-order valence-corrected chi connectivity index (χ0v) is 14.5. The lowest BCUT2D eigenvalue weighted by atomic mass is 9.91.